The topological polar surface area (TPSA) is 61.4 Å². The van der Waals surface area contributed by atoms with Crippen LogP contribution in [0.5, 0.6) is 0 Å². The van der Waals surface area contributed by atoms with E-state index in [-0.39, 0.29) is 11.8 Å². The molecule has 0 atom stereocenters. The molecule has 2 aromatic rings. The Labute approximate surface area is 164 Å². The van der Waals surface area contributed by atoms with E-state index < -0.39 is 0 Å². The Morgan fingerprint density at radius 1 is 1.15 bits per heavy atom. The van der Waals surface area contributed by atoms with Gasteiger partial charge in [-0.25, -0.2) is 0 Å². The molecule has 3 rings (SSSR count). The van der Waals surface area contributed by atoms with Gasteiger partial charge in [0.15, 0.2) is 0 Å². The molecule has 6 heteroatoms. The standard InChI is InChI=1S/C21H24ClN3O2/c1-2-25-13-11-15-7-10-18(14-19(15)25)24-20(26)4-3-12-23-21(27)16-5-8-17(22)9-6-16/h5-10,14H,2-4,11-13H2,1H3,(H,23,27)(H,24,26). The largest absolute Gasteiger partial charge is 0.371 e. The zero-order valence-corrected chi connectivity index (χ0v) is 16.2. The summed E-state index contributed by atoms with van der Waals surface area (Å²) in [5.41, 5.74) is 3.93. The molecule has 0 radical (unpaired) electrons. The van der Waals surface area contributed by atoms with Crippen LogP contribution in [-0.4, -0.2) is 31.4 Å². The molecule has 0 aliphatic carbocycles. The number of anilines is 2. The molecule has 5 nitrogen and oxygen atoms in total. The van der Waals surface area contributed by atoms with Crippen molar-refractivity contribution in [3.63, 3.8) is 0 Å². The van der Waals surface area contributed by atoms with Gasteiger partial charge in [-0.3, -0.25) is 9.59 Å². The summed E-state index contributed by atoms with van der Waals surface area (Å²) in [6, 6.07) is 12.8. The lowest BCUT2D eigenvalue weighted by Crippen LogP contribution is -2.25. The Balaban J connectivity index is 1.42. The minimum absolute atomic E-state index is 0.0447. The van der Waals surface area contributed by atoms with Gasteiger partial charge in [-0.2, -0.15) is 0 Å². The van der Waals surface area contributed by atoms with Gasteiger partial charge in [0.2, 0.25) is 5.91 Å². The highest BCUT2D eigenvalue weighted by Gasteiger charge is 2.18. The summed E-state index contributed by atoms with van der Waals surface area (Å²) in [7, 11) is 0. The van der Waals surface area contributed by atoms with Crippen molar-refractivity contribution < 1.29 is 9.59 Å². The first kappa shape index (κ1) is 19.2. The molecule has 0 fully saturated rings. The van der Waals surface area contributed by atoms with E-state index in [9.17, 15) is 9.59 Å². The zero-order valence-electron chi connectivity index (χ0n) is 15.4. The van der Waals surface area contributed by atoms with Gasteiger partial charge >= 0.3 is 0 Å². The number of nitrogens with zero attached hydrogens (tertiary/aromatic N) is 1. The highest BCUT2D eigenvalue weighted by atomic mass is 35.5. The first-order valence-electron chi connectivity index (χ1n) is 9.28. The summed E-state index contributed by atoms with van der Waals surface area (Å²) in [6.45, 7) is 4.59. The molecular weight excluding hydrogens is 362 g/mol. The fourth-order valence-corrected chi connectivity index (χ4v) is 3.36. The lowest BCUT2D eigenvalue weighted by atomic mass is 10.1. The second-order valence-electron chi connectivity index (χ2n) is 6.59. The van der Waals surface area contributed by atoms with Crippen molar-refractivity contribution in [2.45, 2.75) is 26.2 Å². The van der Waals surface area contributed by atoms with Crippen LogP contribution in [0.3, 0.4) is 0 Å². The van der Waals surface area contributed by atoms with Crippen LogP contribution < -0.4 is 15.5 Å². The van der Waals surface area contributed by atoms with Gasteiger partial charge in [0, 0.05) is 48.0 Å². The molecule has 2 amide bonds. The van der Waals surface area contributed by atoms with Crippen molar-refractivity contribution in [3.05, 3.63) is 58.6 Å². The monoisotopic (exact) mass is 385 g/mol. The number of nitrogens with one attached hydrogen (secondary N) is 2. The zero-order chi connectivity index (χ0) is 19.2. The normalized spacial score (nSPS) is 12.6. The van der Waals surface area contributed by atoms with Crippen LogP contribution in [0.2, 0.25) is 5.02 Å². The Kier molecular flexibility index (Phi) is 6.35. The van der Waals surface area contributed by atoms with Gasteiger partial charge in [0.25, 0.3) is 5.91 Å². The number of rotatable bonds is 7. The van der Waals surface area contributed by atoms with E-state index in [1.165, 1.54) is 11.3 Å². The molecule has 0 aromatic heterocycles. The van der Waals surface area contributed by atoms with Gasteiger partial charge in [-0.1, -0.05) is 17.7 Å². The number of likely N-dealkylation sites (N-methyl/N-ethyl adjacent to an activating group) is 1. The van der Waals surface area contributed by atoms with Crippen molar-refractivity contribution in [1.82, 2.24) is 5.32 Å². The molecule has 142 valence electrons. The van der Waals surface area contributed by atoms with Crippen LogP contribution in [0.15, 0.2) is 42.5 Å². The molecule has 1 aliphatic rings. The minimum atomic E-state index is -0.162. The van der Waals surface area contributed by atoms with Crippen molar-refractivity contribution >= 4 is 34.8 Å². The number of fused-ring (bicyclic) bond motifs is 1. The summed E-state index contributed by atoms with van der Waals surface area (Å²) in [5.74, 6) is -0.206. The number of hydrogen-bond donors (Lipinski definition) is 2. The Morgan fingerprint density at radius 3 is 2.67 bits per heavy atom. The summed E-state index contributed by atoms with van der Waals surface area (Å²) in [6.07, 6.45) is 2.00. The molecular formula is C21H24ClN3O2. The maximum absolute atomic E-state index is 12.2. The highest BCUT2D eigenvalue weighted by molar-refractivity contribution is 6.30. The van der Waals surface area contributed by atoms with Crippen LogP contribution in [-0.2, 0) is 11.2 Å². The molecule has 1 aliphatic heterocycles. The molecule has 0 saturated carbocycles. The summed E-state index contributed by atoms with van der Waals surface area (Å²) in [5, 5.41) is 6.36. The van der Waals surface area contributed by atoms with E-state index >= 15 is 0 Å². The molecule has 0 bridgehead atoms. The predicted molar refractivity (Wildman–Crippen MR) is 110 cm³/mol. The second kappa shape index (κ2) is 8.91. The van der Waals surface area contributed by atoms with Gasteiger partial charge in [0.05, 0.1) is 0 Å². The highest BCUT2D eigenvalue weighted by Crippen LogP contribution is 2.30. The van der Waals surface area contributed by atoms with E-state index in [1.54, 1.807) is 24.3 Å². The van der Waals surface area contributed by atoms with E-state index in [0.717, 1.165) is 25.2 Å². The molecule has 27 heavy (non-hydrogen) atoms. The second-order valence-corrected chi connectivity index (χ2v) is 7.02. The Hall–Kier alpha value is -2.53. The maximum Gasteiger partial charge on any atom is 0.251 e. The lowest BCUT2D eigenvalue weighted by molar-refractivity contribution is -0.116. The number of hydrogen-bond acceptors (Lipinski definition) is 3. The van der Waals surface area contributed by atoms with Gasteiger partial charge in [-0.05, 0) is 61.7 Å². The van der Waals surface area contributed by atoms with Crippen molar-refractivity contribution in [3.8, 4) is 0 Å². The average molecular weight is 386 g/mol. The number of carbonyl (C=O) groups excluding carboxylic acids is 2. The first-order valence-corrected chi connectivity index (χ1v) is 9.66. The molecule has 1 heterocycles. The van der Waals surface area contributed by atoms with E-state index in [2.05, 4.69) is 28.5 Å². The van der Waals surface area contributed by atoms with Crippen molar-refractivity contribution in [2.24, 2.45) is 0 Å². The summed E-state index contributed by atoms with van der Waals surface area (Å²) < 4.78 is 0. The minimum Gasteiger partial charge on any atom is -0.371 e. The Bertz CT molecular complexity index is 821. The third-order valence-corrected chi connectivity index (χ3v) is 4.97. The SMILES string of the molecule is CCN1CCc2ccc(NC(=O)CCCNC(=O)c3ccc(Cl)cc3)cc21. The molecule has 0 spiro atoms. The van der Waals surface area contributed by atoms with Crippen LogP contribution in [0.25, 0.3) is 0 Å². The van der Waals surface area contributed by atoms with Crippen LogP contribution >= 0.6 is 11.6 Å². The van der Waals surface area contributed by atoms with Crippen LogP contribution in [0, 0.1) is 0 Å². The quantitative estimate of drug-likeness (QED) is 0.711. The van der Waals surface area contributed by atoms with E-state index in [1.807, 2.05) is 12.1 Å². The molecule has 0 unspecified atom stereocenters. The van der Waals surface area contributed by atoms with Gasteiger partial charge in [0.1, 0.15) is 0 Å². The maximum atomic E-state index is 12.2. The molecule has 2 aromatic carbocycles. The molecule has 2 N–H and O–H groups in total. The van der Waals surface area contributed by atoms with Crippen molar-refractivity contribution in [1.29, 1.82) is 0 Å². The predicted octanol–water partition coefficient (Wildman–Crippen LogP) is 3.87. The smallest absolute Gasteiger partial charge is 0.251 e. The lowest BCUT2D eigenvalue weighted by Gasteiger charge is -2.17. The summed E-state index contributed by atoms with van der Waals surface area (Å²) in [4.78, 5) is 26.5. The first-order chi connectivity index (χ1) is 13.1. The fourth-order valence-electron chi connectivity index (χ4n) is 3.23. The number of halogens is 1. The fraction of sp³-hybridized carbons (Fsp3) is 0.333. The number of carbonyl (C=O) groups is 2. The van der Waals surface area contributed by atoms with E-state index in [0.29, 0.717) is 30.0 Å². The number of amides is 2. The Morgan fingerprint density at radius 2 is 1.93 bits per heavy atom. The average Bonchev–Trinajstić information content (AvgIpc) is 3.08. The third kappa shape index (κ3) is 5.01. The van der Waals surface area contributed by atoms with E-state index in [4.69, 9.17) is 11.6 Å². The third-order valence-electron chi connectivity index (χ3n) is 4.72. The van der Waals surface area contributed by atoms with Crippen molar-refractivity contribution in [2.75, 3.05) is 29.9 Å². The summed E-state index contributed by atoms with van der Waals surface area (Å²) >= 11 is 5.81. The van der Waals surface area contributed by atoms with Crippen LogP contribution in [0.1, 0.15) is 35.7 Å². The van der Waals surface area contributed by atoms with Gasteiger partial charge in [-0.15, -0.1) is 0 Å². The molecule has 0 saturated heterocycles. The van der Waals surface area contributed by atoms with Gasteiger partial charge < -0.3 is 15.5 Å². The number of benzene rings is 2. The van der Waals surface area contributed by atoms with Crippen LogP contribution in [0.4, 0.5) is 11.4 Å².